The summed E-state index contributed by atoms with van der Waals surface area (Å²) in [6.07, 6.45) is 6.61. The Labute approximate surface area is 198 Å². The maximum absolute atomic E-state index is 13.2. The molecule has 3 N–H and O–H groups in total. The smallest absolute Gasteiger partial charge is 0.292 e. The molecule has 1 aliphatic rings. The van der Waals surface area contributed by atoms with Crippen molar-refractivity contribution < 1.29 is 14.1 Å². The van der Waals surface area contributed by atoms with Gasteiger partial charge in [0.05, 0.1) is 12.1 Å². The van der Waals surface area contributed by atoms with Crippen LogP contribution in [0, 0.1) is 0 Å². The van der Waals surface area contributed by atoms with Gasteiger partial charge in [0.1, 0.15) is 33.9 Å². The SMILES string of the molecule is CO[C@@H]1CC[C@H]1NC(=O)c1o[nH]c2c1nc(Nc1cccn(-c3ccccn3)c1=O)c1ccnc12. The van der Waals surface area contributed by atoms with Gasteiger partial charge in [-0.05, 0) is 43.2 Å². The molecule has 0 saturated heterocycles. The second-order valence-corrected chi connectivity index (χ2v) is 8.27. The number of nitrogens with one attached hydrogen (secondary N) is 3. The summed E-state index contributed by atoms with van der Waals surface area (Å²) in [5.74, 6) is 0.514. The van der Waals surface area contributed by atoms with E-state index in [2.05, 4.69) is 30.7 Å². The van der Waals surface area contributed by atoms with Gasteiger partial charge in [0, 0.05) is 31.1 Å². The first-order chi connectivity index (χ1) is 17.1. The summed E-state index contributed by atoms with van der Waals surface area (Å²) in [6.45, 7) is 0. The summed E-state index contributed by atoms with van der Waals surface area (Å²) >= 11 is 0. The van der Waals surface area contributed by atoms with E-state index in [-0.39, 0.29) is 23.5 Å². The number of ether oxygens (including phenoxy) is 1. The van der Waals surface area contributed by atoms with Gasteiger partial charge in [-0.2, -0.15) is 0 Å². The predicted molar refractivity (Wildman–Crippen MR) is 128 cm³/mol. The molecule has 11 nitrogen and oxygen atoms in total. The minimum atomic E-state index is -0.399. The number of hydrogen-bond acceptors (Lipinski definition) is 8. The molecule has 11 heteroatoms. The fourth-order valence-electron chi connectivity index (χ4n) is 4.27. The van der Waals surface area contributed by atoms with Gasteiger partial charge in [-0.25, -0.2) is 15.1 Å². The summed E-state index contributed by atoms with van der Waals surface area (Å²) in [5, 5.41) is 9.50. The molecule has 1 amide bonds. The molecule has 1 fully saturated rings. The van der Waals surface area contributed by atoms with Gasteiger partial charge < -0.3 is 19.9 Å². The molecule has 2 atom stereocenters. The van der Waals surface area contributed by atoms with E-state index in [1.807, 2.05) is 6.07 Å². The van der Waals surface area contributed by atoms with Crippen LogP contribution in [0.5, 0.6) is 0 Å². The highest BCUT2D eigenvalue weighted by molar-refractivity contribution is 6.12. The molecule has 1 aliphatic carbocycles. The lowest BCUT2D eigenvalue weighted by Crippen LogP contribution is -2.51. The van der Waals surface area contributed by atoms with E-state index in [1.165, 1.54) is 4.57 Å². The Bertz CT molecular complexity index is 1600. The Balaban J connectivity index is 1.40. The van der Waals surface area contributed by atoms with Gasteiger partial charge in [0.2, 0.25) is 5.76 Å². The maximum Gasteiger partial charge on any atom is 0.292 e. The number of carbonyl (C=O) groups excluding carboxylic acids is 1. The van der Waals surface area contributed by atoms with Crippen molar-refractivity contribution >= 4 is 39.3 Å². The van der Waals surface area contributed by atoms with E-state index in [1.54, 1.807) is 56.0 Å². The van der Waals surface area contributed by atoms with Crippen LogP contribution in [0.3, 0.4) is 0 Å². The molecular weight excluding hydrogens is 450 g/mol. The van der Waals surface area contributed by atoms with Gasteiger partial charge in [-0.15, -0.1) is 0 Å². The summed E-state index contributed by atoms with van der Waals surface area (Å²) in [5.41, 5.74) is 1.37. The second-order valence-electron chi connectivity index (χ2n) is 8.27. The Morgan fingerprint density at radius 3 is 2.83 bits per heavy atom. The number of pyridine rings is 3. The summed E-state index contributed by atoms with van der Waals surface area (Å²) in [4.78, 5) is 39.4. The lowest BCUT2D eigenvalue weighted by atomic mass is 9.89. The molecule has 0 aromatic carbocycles. The largest absolute Gasteiger partial charge is 0.379 e. The minimum absolute atomic E-state index is 0.0165. The molecule has 176 valence electrons. The molecule has 0 aliphatic heterocycles. The van der Waals surface area contributed by atoms with Crippen molar-refractivity contribution in [2.24, 2.45) is 0 Å². The average Bonchev–Trinajstić information content (AvgIpc) is 3.51. The van der Waals surface area contributed by atoms with Gasteiger partial charge in [0.15, 0.2) is 0 Å². The first kappa shape index (κ1) is 21.1. The predicted octanol–water partition coefficient (Wildman–Crippen LogP) is 2.90. The van der Waals surface area contributed by atoms with Crippen molar-refractivity contribution in [1.29, 1.82) is 0 Å². The molecule has 0 spiro atoms. The third-order valence-corrected chi connectivity index (χ3v) is 6.26. The number of rotatable bonds is 6. The summed E-state index contributed by atoms with van der Waals surface area (Å²) in [6, 6.07) is 10.4. The minimum Gasteiger partial charge on any atom is -0.379 e. The highest BCUT2D eigenvalue weighted by Gasteiger charge is 2.34. The number of nitrogens with zero attached hydrogens (tertiary/aromatic N) is 4. The van der Waals surface area contributed by atoms with Crippen molar-refractivity contribution in [3.63, 3.8) is 0 Å². The van der Waals surface area contributed by atoms with Crippen LogP contribution < -0.4 is 16.2 Å². The second kappa shape index (κ2) is 8.37. The Morgan fingerprint density at radius 1 is 1.14 bits per heavy atom. The quantitative estimate of drug-likeness (QED) is 0.343. The van der Waals surface area contributed by atoms with Crippen LogP contribution in [0.2, 0.25) is 0 Å². The van der Waals surface area contributed by atoms with Crippen molar-refractivity contribution in [3.8, 4) is 5.82 Å². The Morgan fingerprint density at radius 2 is 2.06 bits per heavy atom. The Kier molecular flexibility index (Phi) is 5.03. The first-order valence-corrected chi connectivity index (χ1v) is 11.1. The number of hydrogen-bond donors (Lipinski definition) is 3. The fraction of sp³-hybridized carbons (Fsp3) is 0.208. The molecule has 5 aromatic heterocycles. The van der Waals surface area contributed by atoms with Crippen LogP contribution in [-0.2, 0) is 4.74 Å². The van der Waals surface area contributed by atoms with Gasteiger partial charge >= 0.3 is 0 Å². The van der Waals surface area contributed by atoms with Crippen LogP contribution in [0.1, 0.15) is 23.4 Å². The van der Waals surface area contributed by atoms with Crippen molar-refractivity contribution in [1.82, 2.24) is 30.0 Å². The first-order valence-electron chi connectivity index (χ1n) is 11.1. The highest BCUT2D eigenvalue weighted by atomic mass is 16.5. The number of methoxy groups -OCH3 is 1. The van der Waals surface area contributed by atoms with E-state index >= 15 is 0 Å². The molecule has 0 bridgehead atoms. The van der Waals surface area contributed by atoms with E-state index in [0.717, 1.165) is 12.8 Å². The van der Waals surface area contributed by atoms with Crippen LogP contribution >= 0.6 is 0 Å². The number of anilines is 2. The van der Waals surface area contributed by atoms with E-state index in [0.29, 0.717) is 39.3 Å². The van der Waals surface area contributed by atoms with Crippen molar-refractivity contribution in [3.05, 3.63) is 71.1 Å². The monoisotopic (exact) mass is 471 g/mol. The number of H-pyrrole nitrogens is 1. The molecule has 5 aromatic rings. The molecule has 0 unspecified atom stereocenters. The molecule has 0 radical (unpaired) electrons. The fourth-order valence-corrected chi connectivity index (χ4v) is 4.27. The van der Waals surface area contributed by atoms with Gasteiger partial charge in [-0.3, -0.25) is 19.1 Å². The third kappa shape index (κ3) is 3.53. The van der Waals surface area contributed by atoms with Gasteiger partial charge in [-0.1, -0.05) is 6.07 Å². The molecule has 35 heavy (non-hydrogen) atoms. The zero-order chi connectivity index (χ0) is 23.9. The number of fused-ring (bicyclic) bond motifs is 3. The topological polar surface area (TPSA) is 140 Å². The highest BCUT2D eigenvalue weighted by Crippen LogP contribution is 2.31. The lowest BCUT2D eigenvalue weighted by Gasteiger charge is -2.35. The number of amides is 1. The molecule has 1 saturated carbocycles. The number of aromatic nitrogens is 5. The lowest BCUT2D eigenvalue weighted by molar-refractivity contribution is 0.00678. The normalized spacial score (nSPS) is 17.4. The van der Waals surface area contributed by atoms with Crippen LogP contribution in [0.25, 0.3) is 27.8 Å². The molecule has 5 heterocycles. The maximum atomic E-state index is 13.2. The van der Waals surface area contributed by atoms with Crippen molar-refractivity contribution in [2.75, 3.05) is 12.4 Å². The van der Waals surface area contributed by atoms with E-state index < -0.39 is 5.91 Å². The third-order valence-electron chi connectivity index (χ3n) is 6.26. The number of carbonyl (C=O) groups is 1. The van der Waals surface area contributed by atoms with Crippen LogP contribution in [-0.4, -0.2) is 49.8 Å². The van der Waals surface area contributed by atoms with Crippen LogP contribution in [0.15, 0.2) is 64.3 Å². The summed E-state index contributed by atoms with van der Waals surface area (Å²) < 4.78 is 12.3. The van der Waals surface area contributed by atoms with Crippen LogP contribution in [0.4, 0.5) is 11.5 Å². The van der Waals surface area contributed by atoms with E-state index in [4.69, 9.17) is 9.26 Å². The Hall–Kier alpha value is -4.51. The average molecular weight is 471 g/mol. The molecular formula is C24H21N7O4. The zero-order valence-electron chi connectivity index (χ0n) is 18.7. The zero-order valence-corrected chi connectivity index (χ0v) is 18.7. The summed E-state index contributed by atoms with van der Waals surface area (Å²) in [7, 11) is 1.63. The number of aromatic amines is 1. The molecule has 6 rings (SSSR count). The van der Waals surface area contributed by atoms with E-state index in [9.17, 15) is 9.59 Å². The van der Waals surface area contributed by atoms with Crippen molar-refractivity contribution in [2.45, 2.75) is 25.0 Å². The standard InChI is InChI=1S/C24H21N7O4/c1-34-16-8-7-14(16)28-23(32)21-20-19(30-35-21)18-13(9-11-26-18)22(29-20)27-15-5-4-12-31(24(15)33)17-6-2-3-10-25-17/h2-6,9-12,14,16,30H,7-8H2,1H3,(H,27,29)(H,28,32)/t14-,16-/m1/s1. The van der Waals surface area contributed by atoms with Gasteiger partial charge in [0.25, 0.3) is 11.5 Å².